The summed E-state index contributed by atoms with van der Waals surface area (Å²) in [5, 5.41) is 12.0. The summed E-state index contributed by atoms with van der Waals surface area (Å²) in [5.41, 5.74) is 7.42. The Hall–Kier alpha value is -2.25. The molecule has 1 amide bonds. The number of rotatable bonds is 6. The van der Waals surface area contributed by atoms with Crippen LogP contribution >= 0.6 is 0 Å². The van der Waals surface area contributed by atoms with Gasteiger partial charge in [0.15, 0.2) is 0 Å². The molecule has 0 aromatic carbocycles. The van der Waals surface area contributed by atoms with Crippen molar-refractivity contribution in [3.63, 3.8) is 0 Å². The van der Waals surface area contributed by atoms with Gasteiger partial charge in [0.25, 0.3) is 0 Å². The number of pyridine rings is 2. The van der Waals surface area contributed by atoms with E-state index < -0.39 is 5.60 Å². The number of nitrogens with zero attached hydrogens (tertiary/aromatic N) is 4. The summed E-state index contributed by atoms with van der Waals surface area (Å²) < 4.78 is 0. The maximum Gasteiger partial charge on any atom is 0.222 e. The molecule has 26 heavy (non-hydrogen) atoms. The highest BCUT2D eigenvalue weighted by molar-refractivity contribution is 5.91. The number of aryl methyl sites for hydroxylation is 1. The molecular formula is C19H27N5O2. The molecular weight excluding hydrogens is 330 g/mol. The van der Waals surface area contributed by atoms with Gasteiger partial charge in [0.1, 0.15) is 5.60 Å². The van der Waals surface area contributed by atoms with Crippen LogP contribution < -0.4 is 10.6 Å². The molecule has 1 aliphatic rings. The Morgan fingerprint density at radius 1 is 1.50 bits per heavy atom. The van der Waals surface area contributed by atoms with E-state index in [2.05, 4.69) is 14.9 Å². The van der Waals surface area contributed by atoms with E-state index >= 15 is 0 Å². The molecule has 3 rings (SSSR count). The van der Waals surface area contributed by atoms with Crippen LogP contribution in [0.5, 0.6) is 0 Å². The maximum atomic E-state index is 12.1. The first-order valence-electron chi connectivity index (χ1n) is 9.04. The van der Waals surface area contributed by atoms with Gasteiger partial charge < -0.3 is 20.6 Å². The standard InChI is InChI=1S/C19H27N5O2/c1-14-10-17(15-11-21-8-5-16(15)22-14)24-9-6-19(26,13-24)12-23(2)18(25)4-3-7-20/h5,8,10-11,26H,3-4,6-7,9,12-13,20H2,1-2H3/t19-/m1/s1. The number of fused-ring (bicyclic) bond motifs is 1. The number of carbonyl (C=O) groups is 1. The average molecular weight is 357 g/mol. The van der Waals surface area contributed by atoms with Gasteiger partial charge in [-0.3, -0.25) is 14.8 Å². The first-order valence-corrected chi connectivity index (χ1v) is 9.04. The number of anilines is 1. The lowest BCUT2D eigenvalue weighted by Crippen LogP contribution is -2.45. The van der Waals surface area contributed by atoms with Crippen molar-refractivity contribution in [2.45, 2.75) is 31.8 Å². The molecule has 0 saturated carbocycles. The molecule has 2 aromatic heterocycles. The van der Waals surface area contributed by atoms with E-state index in [1.54, 1.807) is 18.1 Å². The van der Waals surface area contributed by atoms with E-state index in [4.69, 9.17) is 5.73 Å². The predicted molar refractivity (Wildman–Crippen MR) is 102 cm³/mol. The zero-order chi connectivity index (χ0) is 18.7. The molecule has 0 unspecified atom stereocenters. The fourth-order valence-corrected chi connectivity index (χ4v) is 3.61. The summed E-state index contributed by atoms with van der Waals surface area (Å²) in [6, 6.07) is 3.93. The normalized spacial score (nSPS) is 19.9. The van der Waals surface area contributed by atoms with Gasteiger partial charge in [-0.25, -0.2) is 0 Å². The molecule has 2 aromatic rings. The van der Waals surface area contributed by atoms with Crippen molar-refractivity contribution >= 4 is 22.5 Å². The van der Waals surface area contributed by atoms with Crippen LogP contribution in [0.3, 0.4) is 0 Å². The Morgan fingerprint density at radius 2 is 2.31 bits per heavy atom. The molecule has 7 nitrogen and oxygen atoms in total. The lowest BCUT2D eigenvalue weighted by Gasteiger charge is -2.29. The molecule has 7 heteroatoms. The van der Waals surface area contributed by atoms with Crippen LogP contribution in [0.2, 0.25) is 0 Å². The Bertz CT molecular complexity index is 797. The van der Waals surface area contributed by atoms with E-state index in [-0.39, 0.29) is 5.91 Å². The Labute approximate surface area is 153 Å². The molecule has 140 valence electrons. The first-order chi connectivity index (χ1) is 12.4. The van der Waals surface area contributed by atoms with Crippen LogP contribution in [-0.2, 0) is 4.79 Å². The quantitative estimate of drug-likeness (QED) is 0.803. The van der Waals surface area contributed by atoms with Gasteiger partial charge in [-0.15, -0.1) is 0 Å². The van der Waals surface area contributed by atoms with Crippen molar-refractivity contribution in [2.24, 2.45) is 5.73 Å². The smallest absolute Gasteiger partial charge is 0.222 e. The monoisotopic (exact) mass is 357 g/mol. The van der Waals surface area contributed by atoms with Gasteiger partial charge in [-0.2, -0.15) is 0 Å². The summed E-state index contributed by atoms with van der Waals surface area (Å²) in [6.45, 7) is 4.01. The van der Waals surface area contributed by atoms with Crippen LogP contribution in [0.25, 0.3) is 10.9 Å². The highest BCUT2D eigenvalue weighted by Crippen LogP contribution is 2.32. The van der Waals surface area contributed by atoms with Gasteiger partial charge in [0.2, 0.25) is 5.91 Å². The number of hydrogen-bond donors (Lipinski definition) is 2. The van der Waals surface area contributed by atoms with Crippen LogP contribution in [-0.4, -0.2) is 64.7 Å². The molecule has 0 radical (unpaired) electrons. The minimum Gasteiger partial charge on any atom is -0.386 e. The van der Waals surface area contributed by atoms with Gasteiger partial charge in [-0.1, -0.05) is 0 Å². The summed E-state index contributed by atoms with van der Waals surface area (Å²) in [7, 11) is 1.75. The minimum atomic E-state index is -0.918. The highest BCUT2D eigenvalue weighted by atomic mass is 16.3. The van der Waals surface area contributed by atoms with E-state index in [1.165, 1.54) is 0 Å². The van der Waals surface area contributed by atoms with E-state index in [0.717, 1.165) is 28.8 Å². The van der Waals surface area contributed by atoms with Crippen LogP contribution in [0.1, 0.15) is 25.0 Å². The SMILES string of the molecule is Cc1cc(N2CC[C@@](O)(CN(C)C(=O)CCCN)C2)c2cnccc2n1. The zero-order valence-corrected chi connectivity index (χ0v) is 15.5. The summed E-state index contributed by atoms with van der Waals surface area (Å²) >= 11 is 0. The summed E-state index contributed by atoms with van der Waals surface area (Å²) in [4.78, 5) is 24.7. The van der Waals surface area contributed by atoms with Crippen molar-refractivity contribution < 1.29 is 9.90 Å². The molecule has 0 bridgehead atoms. The molecule has 1 saturated heterocycles. The van der Waals surface area contributed by atoms with Gasteiger partial charge in [0.05, 0.1) is 12.1 Å². The molecule has 0 spiro atoms. The number of hydrogen-bond acceptors (Lipinski definition) is 6. The molecule has 1 fully saturated rings. The van der Waals surface area contributed by atoms with E-state index in [1.807, 2.05) is 25.3 Å². The van der Waals surface area contributed by atoms with Gasteiger partial charge in [0, 0.05) is 55.7 Å². The first kappa shape index (κ1) is 18.5. The number of nitrogens with two attached hydrogens (primary N) is 1. The zero-order valence-electron chi connectivity index (χ0n) is 15.5. The Morgan fingerprint density at radius 3 is 3.08 bits per heavy atom. The second kappa shape index (κ2) is 7.55. The van der Waals surface area contributed by atoms with Crippen molar-refractivity contribution in [3.8, 4) is 0 Å². The lowest BCUT2D eigenvalue weighted by atomic mass is 10.0. The molecule has 1 atom stereocenters. The summed E-state index contributed by atoms with van der Waals surface area (Å²) in [6.07, 6.45) is 5.26. The fourth-order valence-electron chi connectivity index (χ4n) is 3.61. The fraction of sp³-hybridized carbons (Fsp3) is 0.526. The molecule has 0 aliphatic carbocycles. The number of aliphatic hydroxyl groups is 1. The highest BCUT2D eigenvalue weighted by Gasteiger charge is 2.38. The van der Waals surface area contributed by atoms with Gasteiger partial charge >= 0.3 is 0 Å². The van der Waals surface area contributed by atoms with Crippen LogP contribution in [0.15, 0.2) is 24.5 Å². The largest absolute Gasteiger partial charge is 0.386 e. The van der Waals surface area contributed by atoms with Crippen molar-refractivity contribution in [3.05, 3.63) is 30.2 Å². The topological polar surface area (TPSA) is 95.6 Å². The Balaban J connectivity index is 1.75. The van der Waals surface area contributed by atoms with Crippen molar-refractivity contribution in [1.29, 1.82) is 0 Å². The van der Waals surface area contributed by atoms with Crippen molar-refractivity contribution in [1.82, 2.24) is 14.9 Å². The number of carbonyl (C=O) groups excluding carboxylic acids is 1. The predicted octanol–water partition coefficient (Wildman–Crippen LogP) is 1.08. The van der Waals surface area contributed by atoms with Crippen LogP contribution in [0.4, 0.5) is 5.69 Å². The maximum absolute atomic E-state index is 12.1. The van der Waals surface area contributed by atoms with Crippen LogP contribution in [0, 0.1) is 6.92 Å². The average Bonchev–Trinajstić information content (AvgIpc) is 3.00. The number of amides is 1. The molecule has 1 aliphatic heterocycles. The molecule has 3 heterocycles. The van der Waals surface area contributed by atoms with Crippen molar-refractivity contribution in [2.75, 3.05) is 38.1 Å². The second-order valence-corrected chi connectivity index (χ2v) is 7.21. The third-order valence-electron chi connectivity index (χ3n) is 4.94. The third kappa shape index (κ3) is 3.94. The number of aromatic nitrogens is 2. The minimum absolute atomic E-state index is 0.0248. The van der Waals surface area contributed by atoms with Gasteiger partial charge in [-0.05, 0) is 38.4 Å². The third-order valence-corrected chi connectivity index (χ3v) is 4.94. The number of β-amino-alcohol motifs (C(OH)–C–C–N with tert-alkyl or cyclic N) is 1. The van der Waals surface area contributed by atoms with E-state index in [0.29, 0.717) is 38.9 Å². The summed E-state index contributed by atoms with van der Waals surface area (Å²) in [5.74, 6) is 0.0248. The Kier molecular flexibility index (Phi) is 5.38. The van der Waals surface area contributed by atoms with E-state index in [9.17, 15) is 9.90 Å². The lowest BCUT2D eigenvalue weighted by molar-refractivity contribution is -0.132. The second-order valence-electron chi connectivity index (χ2n) is 7.21. The molecule has 3 N–H and O–H groups in total. The number of likely N-dealkylation sites (N-methyl/N-ethyl adjacent to an activating group) is 1.